The first-order chi connectivity index (χ1) is 4.54. The maximum absolute atomic E-state index is 9.90. The van der Waals surface area contributed by atoms with Crippen LogP contribution in [0.15, 0.2) is 0 Å². The summed E-state index contributed by atoms with van der Waals surface area (Å²) in [7, 11) is 0. The first-order valence-corrected chi connectivity index (χ1v) is 3.86. The Hall–Kier alpha value is 0.719. The zero-order valence-electron chi connectivity index (χ0n) is 7.89. The number of hydrogen-bond acceptors (Lipinski definition) is 2. The van der Waals surface area contributed by atoms with E-state index in [0.29, 0.717) is 0 Å². The molecular formula is C10H26O2Sn. The molecule has 3 heteroatoms. The molecule has 0 fully saturated rings. The van der Waals surface area contributed by atoms with Crippen LogP contribution in [0.25, 0.3) is 0 Å². The molecule has 0 aliphatic rings. The fourth-order valence-corrected chi connectivity index (χ4v) is 0. The minimum Gasteiger partial charge on any atom is -0.852 e. The smallest absolute Gasteiger partial charge is 0.852 e. The third-order valence-corrected chi connectivity index (χ3v) is 1.15. The van der Waals surface area contributed by atoms with Crippen LogP contribution in [0.4, 0.5) is 0 Å². The number of hydrogen-bond donors (Lipinski definition) is 0. The predicted octanol–water partition coefficient (Wildman–Crippen LogP) is 1.18. The molecule has 0 N–H and O–H groups in total. The summed E-state index contributed by atoms with van der Waals surface area (Å²) in [5.41, 5.74) is 0. The van der Waals surface area contributed by atoms with Gasteiger partial charge < -0.3 is 10.2 Å². The van der Waals surface area contributed by atoms with Crippen molar-refractivity contribution in [2.45, 2.75) is 67.6 Å². The van der Waals surface area contributed by atoms with Gasteiger partial charge in [-0.05, 0) is 0 Å². The first-order valence-electron chi connectivity index (χ1n) is 3.86. The van der Waals surface area contributed by atoms with Crippen LogP contribution in [0.1, 0.15) is 55.4 Å². The molecule has 0 aromatic rings. The van der Waals surface area contributed by atoms with Crippen LogP contribution >= 0.6 is 0 Å². The van der Waals surface area contributed by atoms with E-state index in [1.54, 1.807) is 13.8 Å². The van der Waals surface area contributed by atoms with Gasteiger partial charge in [0.2, 0.25) is 0 Å². The van der Waals surface area contributed by atoms with Gasteiger partial charge in [0, 0.05) is 0 Å². The Morgan fingerprint density at radius 2 is 0.923 bits per heavy atom. The summed E-state index contributed by atoms with van der Waals surface area (Å²) in [5, 5.41) is 19.8. The van der Waals surface area contributed by atoms with Crippen LogP contribution < -0.4 is 10.2 Å². The zero-order chi connectivity index (χ0) is 8.57. The zero-order valence-corrected chi connectivity index (χ0v) is 10.7. The SMILES string of the molecule is C.C.CCC(C)[O-].CCC(C)[O-].[Sn+2]. The van der Waals surface area contributed by atoms with E-state index in [1.807, 2.05) is 13.8 Å². The second-order valence-corrected chi connectivity index (χ2v) is 2.44. The third kappa shape index (κ3) is 65.6. The molecule has 2 radical (unpaired) electrons. The van der Waals surface area contributed by atoms with Crippen LogP contribution in [0, 0.1) is 0 Å². The molecule has 0 aliphatic carbocycles. The van der Waals surface area contributed by atoms with E-state index in [4.69, 9.17) is 0 Å². The van der Waals surface area contributed by atoms with E-state index in [2.05, 4.69) is 0 Å². The molecule has 0 rings (SSSR count). The minimum atomic E-state index is -0.366. The molecule has 0 aromatic heterocycles. The van der Waals surface area contributed by atoms with Gasteiger partial charge in [0.05, 0.1) is 0 Å². The van der Waals surface area contributed by atoms with Gasteiger partial charge in [0.25, 0.3) is 0 Å². The average molecular weight is 297 g/mol. The molecule has 0 saturated heterocycles. The molecular weight excluding hydrogens is 271 g/mol. The molecule has 0 heterocycles. The van der Waals surface area contributed by atoms with Gasteiger partial charge in [-0.1, -0.05) is 55.4 Å². The summed E-state index contributed by atoms with van der Waals surface area (Å²) >= 11 is 0. The Balaban J connectivity index is -0.0000000267. The van der Waals surface area contributed by atoms with Crippen molar-refractivity contribution in [2.24, 2.45) is 0 Å². The quantitative estimate of drug-likeness (QED) is 0.719. The Labute approximate surface area is 102 Å². The monoisotopic (exact) mass is 298 g/mol. The normalized spacial score (nSPS) is 11.5. The van der Waals surface area contributed by atoms with Crippen LogP contribution in [-0.4, -0.2) is 36.1 Å². The Kier molecular flexibility index (Phi) is 51.6. The summed E-state index contributed by atoms with van der Waals surface area (Å²) in [5.74, 6) is 0. The van der Waals surface area contributed by atoms with Gasteiger partial charge >= 0.3 is 23.9 Å². The summed E-state index contributed by atoms with van der Waals surface area (Å²) in [4.78, 5) is 0. The largest absolute Gasteiger partial charge is 2.00 e. The summed E-state index contributed by atoms with van der Waals surface area (Å²) in [6, 6.07) is 0. The van der Waals surface area contributed by atoms with Crippen molar-refractivity contribution in [2.75, 3.05) is 0 Å². The molecule has 0 aliphatic heterocycles. The van der Waals surface area contributed by atoms with Gasteiger partial charge in [0.15, 0.2) is 0 Å². The van der Waals surface area contributed by atoms with Crippen molar-refractivity contribution in [3.8, 4) is 0 Å². The van der Waals surface area contributed by atoms with E-state index < -0.39 is 0 Å². The van der Waals surface area contributed by atoms with E-state index in [-0.39, 0.29) is 51.0 Å². The van der Waals surface area contributed by atoms with Gasteiger partial charge in [0.1, 0.15) is 0 Å². The van der Waals surface area contributed by atoms with Crippen LogP contribution in [0.3, 0.4) is 0 Å². The molecule has 2 atom stereocenters. The van der Waals surface area contributed by atoms with Crippen molar-refractivity contribution >= 4 is 23.9 Å². The van der Waals surface area contributed by atoms with E-state index in [9.17, 15) is 10.2 Å². The van der Waals surface area contributed by atoms with Crippen molar-refractivity contribution < 1.29 is 10.2 Å². The average Bonchev–Trinajstić information content (AvgIpc) is 1.89. The molecule has 0 amide bonds. The molecule has 0 spiro atoms. The standard InChI is InChI=1S/2C4H9O.2CH4.Sn/c2*1-3-4(2)5;;;/h2*4H,3H2,1-2H3;2*1H4;/q2*-1;;;+2. The van der Waals surface area contributed by atoms with Crippen molar-refractivity contribution in [3.05, 3.63) is 0 Å². The third-order valence-electron chi connectivity index (χ3n) is 1.15. The molecule has 2 unspecified atom stereocenters. The Morgan fingerprint density at radius 3 is 0.923 bits per heavy atom. The molecule has 13 heavy (non-hydrogen) atoms. The fraction of sp³-hybridized carbons (Fsp3) is 1.00. The van der Waals surface area contributed by atoms with E-state index in [0.717, 1.165) is 12.8 Å². The van der Waals surface area contributed by atoms with Gasteiger partial charge in [-0.25, -0.2) is 0 Å². The Bertz CT molecular complexity index is 48.9. The van der Waals surface area contributed by atoms with Crippen LogP contribution in [0.2, 0.25) is 0 Å². The topological polar surface area (TPSA) is 46.1 Å². The molecule has 0 aromatic carbocycles. The summed E-state index contributed by atoms with van der Waals surface area (Å²) in [6.45, 7) is 7.11. The van der Waals surface area contributed by atoms with Gasteiger partial charge in [-0.3, -0.25) is 0 Å². The predicted molar refractivity (Wildman–Crippen MR) is 58.7 cm³/mol. The fourth-order valence-electron chi connectivity index (χ4n) is 0. The van der Waals surface area contributed by atoms with E-state index >= 15 is 0 Å². The van der Waals surface area contributed by atoms with Crippen molar-refractivity contribution in [3.63, 3.8) is 0 Å². The number of rotatable bonds is 2. The molecule has 0 bridgehead atoms. The Morgan fingerprint density at radius 1 is 0.846 bits per heavy atom. The maximum atomic E-state index is 9.90. The van der Waals surface area contributed by atoms with Gasteiger partial charge in [-0.15, -0.1) is 12.2 Å². The minimum absolute atomic E-state index is 0. The summed E-state index contributed by atoms with van der Waals surface area (Å²) in [6.07, 6.45) is 0.769. The van der Waals surface area contributed by atoms with E-state index in [1.165, 1.54) is 0 Å². The van der Waals surface area contributed by atoms with Crippen molar-refractivity contribution in [1.82, 2.24) is 0 Å². The molecule has 0 saturated carbocycles. The van der Waals surface area contributed by atoms with Crippen molar-refractivity contribution in [1.29, 1.82) is 0 Å². The first kappa shape index (κ1) is 29.2. The van der Waals surface area contributed by atoms with Gasteiger partial charge in [-0.2, -0.15) is 0 Å². The molecule has 82 valence electrons. The summed E-state index contributed by atoms with van der Waals surface area (Å²) < 4.78 is 0. The van der Waals surface area contributed by atoms with Crippen LogP contribution in [-0.2, 0) is 0 Å². The molecule has 2 nitrogen and oxygen atoms in total. The second kappa shape index (κ2) is 23.0. The second-order valence-electron chi connectivity index (χ2n) is 2.44. The maximum Gasteiger partial charge on any atom is 2.00 e. The van der Waals surface area contributed by atoms with Crippen LogP contribution in [0.5, 0.6) is 0 Å².